The molecule has 3 amide bonds. The van der Waals surface area contributed by atoms with Gasteiger partial charge < -0.3 is 10.2 Å². The Morgan fingerprint density at radius 1 is 1.03 bits per heavy atom. The Kier molecular flexibility index (Phi) is 7.55. The van der Waals surface area contributed by atoms with E-state index in [0.717, 1.165) is 29.1 Å². The van der Waals surface area contributed by atoms with Crippen molar-refractivity contribution in [2.45, 2.75) is 46.0 Å². The minimum Gasteiger partial charge on any atom is -0.326 e. The molecular weight excluding hydrogens is 462 g/mol. The first kappa shape index (κ1) is 24.5. The third kappa shape index (κ3) is 5.74. The van der Waals surface area contributed by atoms with E-state index in [-0.39, 0.29) is 29.6 Å². The van der Waals surface area contributed by atoms with E-state index in [0.29, 0.717) is 29.3 Å². The SMILES string of the molecule is CCC(CC)C(=O)Nc1ccc(C(=O)Nc2nnc([C@H]3CC(=O)N(c4ccc(C)cc4)C3)s2)cc1. The fourth-order valence-electron chi connectivity index (χ4n) is 4.08. The van der Waals surface area contributed by atoms with Crippen molar-refractivity contribution >= 4 is 45.6 Å². The number of anilines is 3. The number of rotatable bonds is 8. The Bertz CT molecular complexity index is 1200. The van der Waals surface area contributed by atoms with E-state index < -0.39 is 0 Å². The quantitative estimate of drug-likeness (QED) is 0.462. The molecule has 1 aromatic heterocycles. The van der Waals surface area contributed by atoms with Gasteiger partial charge in [0.1, 0.15) is 5.01 Å². The van der Waals surface area contributed by atoms with Crippen LogP contribution in [0.2, 0.25) is 0 Å². The van der Waals surface area contributed by atoms with Crippen molar-refractivity contribution in [3.8, 4) is 0 Å². The minimum absolute atomic E-state index is 0.0140. The molecular formula is C26H29N5O3S. The summed E-state index contributed by atoms with van der Waals surface area (Å²) in [4.78, 5) is 39.3. The molecule has 1 aliphatic heterocycles. The molecule has 35 heavy (non-hydrogen) atoms. The lowest BCUT2D eigenvalue weighted by molar-refractivity contribution is -0.120. The summed E-state index contributed by atoms with van der Waals surface area (Å²) in [6.07, 6.45) is 1.93. The largest absolute Gasteiger partial charge is 0.326 e. The van der Waals surface area contributed by atoms with E-state index in [1.807, 2.05) is 45.0 Å². The highest BCUT2D eigenvalue weighted by atomic mass is 32.1. The number of aryl methyl sites for hydroxylation is 1. The summed E-state index contributed by atoms with van der Waals surface area (Å²) in [6.45, 7) is 6.53. The van der Waals surface area contributed by atoms with Crippen molar-refractivity contribution in [3.05, 3.63) is 64.7 Å². The lowest BCUT2D eigenvalue weighted by Gasteiger charge is -2.16. The molecule has 1 atom stereocenters. The molecule has 1 fully saturated rings. The maximum Gasteiger partial charge on any atom is 0.257 e. The second-order valence-corrected chi connectivity index (χ2v) is 9.73. The number of hydrogen-bond donors (Lipinski definition) is 2. The van der Waals surface area contributed by atoms with Crippen molar-refractivity contribution in [1.29, 1.82) is 0 Å². The van der Waals surface area contributed by atoms with E-state index in [9.17, 15) is 14.4 Å². The molecule has 8 nitrogen and oxygen atoms in total. The average Bonchev–Trinajstić information content (AvgIpc) is 3.47. The highest BCUT2D eigenvalue weighted by Crippen LogP contribution is 2.34. The van der Waals surface area contributed by atoms with Gasteiger partial charge in [0, 0.05) is 41.7 Å². The monoisotopic (exact) mass is 491 g/mol. The standard InChI is InChI=1S/C26H29N5O3S/c1-4-17(5-2)23(33)27-20-10-8-18(9-11-20)24(34)28-26-30-29-25(35-26)19-14-22(32)31(15-19)21-12-6-16(3)7-13-21/h6-13,17,19H,4-5,14-15H2,1-3H3,(H,27,33)(H,28,30,34)/t19-/m0/s1. The van der Waals surface area contributed by atoms with Gasteiger partial charge in [-0.3, -0.25) is 19.7 Å². The molecule has 0 radical (unpaired) electrons. The predicted molar refractivity (Wildman–Crippen MR) is 138 cm³/mol. The highest BCUT2D eigenvalue weighted by molar-refractivity contribution is 7.15. The summed E-state index contributed by atoms with van der Waals surface area (Å²) in [5.41, 5.74) is 3.12. The summed E-state index contributed by atoms with van der Waals surface area (Å²) < 4.78 is 0. The van der Waals surface area contributed by atoms with Crippen LogP contribution in [0.15, 0.2) is 48.5 Å². The van der Waals surface area contributed by atoms with Gasteiger partial charge >= 0.3 is 0 Å². The Hall–Kier alpha value is -3.59. The molecule has 0 aliphatic carbocycles. The fourth-order valence-corrected chi connectivity index (χ4v) is 4.90. The molecule has 0 saturated carbocycles. The zero-order chi connectivity index (χ0) is 24.9. The zero-order valence-electron chi connectivity index (χ0n) is 20.1. The van der Waals surface area contributed by atoms with Crippen molar-refractivity contribution in [3.63, 3.8) is 0 Å². The molecule has 1 saturated heterocycles. The molecule has 0 unspecified atom stereocenters. The number of nitrogens with zero attached hydrogens (tertiary/aromatic N) is 3. The van der Waals surface area contributed by atoms with Gasteiger partial charge in [0.05, 0.1) is 0 Å². The molecule has 2 N–H and O–H groups in total. The van der Waals surface area contributed by atoms with E-state index in [1.165, 1.54) is 11.3 Å². The van der Waals surface area contributed by atoms with Crippen LogP contribution >= 0.6 is 11.3 Å². The number of aromatic nitrogens is 2. The third-order valence-corrected chi connectivity index (χ3v) is 7.25. The molecule has 9 heteroatoms. The van der Waals surface area contributed by atoms with Crippen LogP contribution in [-0.2, 0) is 9.59 Å². The van der Waals surface area contributed by atoms with Gasteiger partial charge in [0.15, 0.2) is 0 Å². The Labute approximate surface area is 208 Å². The Morgan fingerprint density at radius 3 is 2.37 bits per heavy atom. The first-order chi connectivity index (χ1) is 16.9. The molecule has 4 rings (SSSR count). The number of hydrogen-bond acceptors (Lipinski definition) is 6. The Morgan fingerprint density at radius 2 is 1.71 bits per heavy atom. The van der Waals surface area contributed by atoms with Crippen LogP contribution in [0, 0.1) is 12.8 Å². The van der Waals surface area contributed by atoms with Crippen molar-refractivity contribution in [1.82, 2.24) is 10.2 Å². The number of amides is 3. The molecule has 2 heterocycles. The van der Waals surface area contributed by atoms with Crippen molar-refractivity contribution < 1.29 is 14.4 Å². The molecule has 2 aromatic carbocycles. The second-order valence-electron chi connectivity index (χ2n) is 8.72. The van der Waals surface area contributed by atoms with Gasteiger partial charge in [-0.1, -0.05) is 42.9 Å². The Balaban J connectivity index is 1.35. The van der Waals surface area contributed by atoms with Gasteiger partial charge in [0.2, 0.25) is 16.9 Å². The van der Waals surface area contributed by atoms with E-state index in [2.05, 4.69) is 20.8 Å². The molecule has 3 aromatic rings. The van der Waals surface area contributed by atoms with Gasteiger partial charge in [-0.15, -0.1) is 10.2 Å². The van der Waals surface area contributed by atoms with Crippen LogP contribution in [0.25, 0.3) is 0 Å². The van der Waals surface area contributed by atoms with Crippen LogP contribution in [-0.4, -0.2) is 34.5 Å². The smallest absolute Gasteiger partial charge is 0.257 e. The fraction of sp³-hybridized carbons (Fsp3) is 0.346. The van der Waals surface area contributed by atoms with Crippen LogP contribution < -0.4 is 15.5 Å². The van der Waals surface area contributed by atoms with Gasteiger partial charge in [-0.05, 0) is 56.2 Å². The number of benzene rings is 2. The van der Waals surface area contributed by atoms with Crippen LogP contribution in [0.1, 0.15) is 60.0 Å². The van der Waals surface area contributed by atoms with Crippen LogP contribution in [0.3, 0.4) is 0 Å². The molecule has 182 valence electrons. The summed E-state index contributed by atoms with van der Waals surface area (Å²) in [6, 6.07) is 14.6. The van der Waals surface area contributed by atoms with Gasteiger partial charge in [0.25, 0.3) is 5.91 Å². The summed E-state index contributed by atoms with van der Waals surface area (Å²) in [7, 11) is 0. The van der Waals surface area contributed by atoms with Crippen LogP contribution in [0.5, 0.6) is 0 Å². The normalized spacial score (nSPS) is 15.5. The zero-order valence-corrected chi connectivity index (χ0v) is 20.9. The van der Waals surface area contributed by atoms with Crippen molar-refractivity contribution in [2.75, 3.05) is 22.1 Å². The lowest BCUT2D eigenvalue weighted by atomic mass is 10.0. The lowest BCUT2D eigenvalue weighted by Crippen LogP contribution is -2.24. The first-order valence-electron chi connectivity index (χ1n) is 11.8. The molecule has 0 spiro atoms. The number of carbonyl (C=O) groups is 3. The van der Waals surface area contributed by atoms with E-state index >= 15 is 0 Å². The third-order valence-electron chi connectivity index (χ3n) is 6.25. The maximum absolute atomic E-state index is 12.7. The average molecular weight is 492 g/mol. The molecule has 0 bridgehead atoms. The summed E-state index contributed by atoms with van der Waals surface area (Å²) in [5, 5.41) is 15.1. The topological polar surface area (TPSA) is 104 Å². The molecule has 1 aliphatic rings. The van der Waals surface area contributed by atoms with Gasteiger partial charge in [-0.25, -0.2) is 0 Å². The van der Waals surface area contributed by atoms with E-state index in [4.69, 9.17) is 0 Å². The van der Waals surface area contributed by atoms with E-state index in [1.54, 1.807) is 29.2 Å². The van der Waals surface area contributed by atoms with Crippen molar-refractivity contribution in [2.24, 2.45) is 5.92 Å². The number of carbonyl (C=O) groups excluding carboxylic acids is 3. The van der Waals surface area contributed by atoms with Gasteiger partial charge in [-0.2, -0.15) is 0 Å². The maximum atomic E-state index is 12.7. The first-order valence-corrected chi connectivity index (χ1v) is 12.6. The summed E-state index contributed by atoms with van der Waals surface area (Å²) in [5.74, 6) is -0.362. The minimum atomic E-state index is -0.311. The number of nitrogens with one attached hydrogen (secondary N) is 2. The second kappa shape index (κ2) is 10.8. The summed E-state index contributed by atoms with van der Waals surface area (Å²) >= 11 is 1.28. The highest BCUT2D eigenvalue weighted by Gasteiger charge is 2.34. The predicted octanol–water partition coefficient (Wildman–Crippen LogP) is 4.99. The van der Waals surface area contributed by atoms with Crippen LogP contribution in [0.4, 0.5) is 16.5 Å².